The van der Waals surface area contributed by atoms with E-state index in [0.717, 1.165) is 0 Å². The summed E-state index contributed by atoms with van der Waals surface area (Å²) < 4.78 is 2.65. The van der Waals surface area contributed by atoms with Gasteiger partial charge in [-0.15, -0.1) is 11.3 Å². The van der Waals surface area contributed by atoms with Crippen LogP contribution in [0.1, 0.15) is 31.1 Å². The fourth-order valence-electron chi connectivity index (χ4n) is 1.77. The molecule has 2 rings (SSSR count). The highest BCUT2D eigenvalue weighted by Gasteiger charge is 2.15. The quantitative estimate of drug-likeness (QED) is 0.761. The van der Waals surface area contributed by atoms with Crippen molar-refractivity contribution < 1.29 is 9.59 Å². The molecule has 0 saturated carbocycles. The third-order valence-corrected chi connectivity index (χ3v) is 4.48. The summed E-state index contributed by atoms with van der Waals surface area (Å²) >= 11 is 4.58. The van der Waals surface area contributed by atoms with Crippen LogP contribution in [0.4, 0.5) is 5.13 Å². The summed E-state index contributed by atoms with van der Waals surface area (Å²) in [7, 11) is 0. The molecule has 0 aliphatic heterocycles. The maximum Gasteiger partial charge on any atom is 0.253 e. The summed E-state index contributed by atoms with van der Waals surface area (Å²) in [5.41, 5.74) is 0.671. The fourth-order valence-corrected chi connectivity index (χ4v) is 2.94. The van der Waals surface area contributed by atoms with Gasteiger partial charge in [0.1, 0.15) is 16.2 Å². The zero-order valence-electron chi connectivity index (χ0n) is 13.0. The lowest BCUT2D eigenvalue weighted by molar-refractivity contribution is 0.0957. The van der Waals surface area contributed by atoms with Crippen LogP contribution in [0, 0.1) is 0 Å². The molecule has 0 aromatic carbocycles. The lowest BCUT2D eigenvalue weighted by Crippen LogP contribution is -2.28. The van der Waals surface area contributed by atoms with Crippen molar-refractivity contribution in [3.05, 3.63) is 39.7 Å². The van der Waals surface area contributed by atoms with Gasteiger partial charge in [-0.25, -0.2) is 9.78 Å². The molecule has 0 fully saturated rings. The molecule has 0 aliphatic rings. The SMILES string of the molecule is CC(C)(C)n1ccc(C(=O)NCC(=C=O)Nc2nc(Br)cs2)c1. The minimum absolute atomic E-state index is 0.0558. The number of amides is 1. The molecule has 1 amide bonds. The second-order valence-corrected chi connectivity index (χ2v) is 7.51. The Bertz CT molecular complexity index is 754. The number of carbonyl (C=O) groups is 1. The van der Waals surface area contributed by atoms with Crippen LogP contribution in [0.2, 0.25) is 0 Å². The van der Waals surface area contributed by atoms with E-state index in [-0.39, 0.29) is 23.7 Å². The van der Waals surface area contributed by atoms with Crippen molar-refractivity contribution in [1.29, 1.82) is 0 Å². The predicted octanol–water partition coefficient (Wildman–Crippen LogP) is 3.02. The molecule has 0 radical (unpaired) electrons. The molecule has 0 unspecified atom stereocenters. The van der Waals surface area contributed by atoms with Gasteiger partial charge in [0.15, 0.2) is 5.13 Å². The predicted molar refractivity (Wildman–Crippen MR) is 94.4 cm³/mol. The molecule has 6 nitrogen and oxygen atoms in total. The number of aromatic nitrogens is 2. The zero-order valence-corrected chi connectivity index (χ0v) is 15.4. The molecule has 2 heterocycles. The van der Waals surface area contributed by atoms with Gasteiger partial charge in [-0.05, 0) is 42.8 Å². The lowest BCUT2D eigenvalue weighted by Gasteiger charge is -2.20. The standard InChI is InChI=1S/C15H17BrN4O2S/c1-15(2,3)20-5-4-10(7-20)13(22)17-6-11(8-21)18-14-19-12(16)9-23-14/h4-5,7,9H,6H2,1-3H3,(H,17,22)(H,18,19). The fraction of sp³-hybridized carbons (Fsp3) is 0.333. The van der Waals surface area contributed by atoms with Gasteiger partial charge in [0.05, 0.1) is 12.1 Å². The minimum atomic E-state index is -0.247. The first-order chi connectivity index (χ1) is 10.8. The average Bonchev–Trinajstić information content (AvgIpc) is 3.11. The van der Waals surface area contributed by atoms with Crippen LogP contribution in [0.5, 0.6) is 0 Å². The maximum absolute atomic E-state index is 12.1. The van der Waals surface area contributed by atoms with E-state index in [1.54, 1.807) is 23.6 Å². The largest absolute Gasteiger partial charge is 0.348 e. The zero-order chi connectivity index (χ0) is 17.0. The number of hydrogen-bond donors (Lipinski definition) is 2. The molecule has 2 aromatic rings. The topological polar surface area (TPSA) is 76.0 Å². The van der Waals surface area contributed by atoms with Crippen LogP contribution in [0.25, 0.3) is 0 Å². The van der Waals surface area contributed by atoms with Gasteiger partial charge in [-0.2, -0.15) is 0 Å². The van der Waals surface area contributed by atoms with E-state index in [1.165, 1.54) is 11.3 Å². The number of hydrogen-bond acceptors (Lipinski definition) is 5. The maximum atomic E-state index is 12.1. The van der Waals surface area contributed by atoms with Crippen molar-refractivity contribution in [2.45, 2.75) is 26.3 Å². The van der Waals surface area contributed by atoms with E-state index < -0.39 is 0 Å². The Morgan fingerprint density at radius 3 is 2.74 bits per heavy atom. The Hall–Kier alpha value is -1.89. The molecule has 0 saturated heterocycles. The van der Waals surface area contributed by atoms with Crippen molar-refractivity contribution in [3.63, 3.8) is 0 Å². The third-order valence-electron chi connectivity index (χ3n) is 3.01. The Morgan fingerprint density at radius 1 is 1.48 bits per heavy atom. The number of halogens is 1. The molecule has 0 atom stereocenters. The average molecular weight is 397 g/mol. The van der Waals surface area contributed by atoms with Crippen molar-refractivity contribution in [2.75, 3.05) is 11.9 Å². The summed E-state index contributed by atoms with van der Waals surface area (Å²) in [6, 6.07) is 1.75. The van der Waals surface area contributed by atoms with Crippen LogP contribution >= 0.6 is 27.3 Å². The summed E-state index contributed by atoms with van der Waals surface area (Å²) in [4.78, 5) is 27.3. The van der Waals surface area contributed by atoms with Crippen LogP contribution in [0.15, 0.2) is 34.1 Å². The number of thiazole rings is 1. The molecular weight excluding hydrogens is 380 g/mol. The number of nitrogens with zero attached hydrogens (tertiary/aromatic N) is 2. The highest BCUT2D eigenvalue weighted by atomic mass is 79.9. The summed E-state index contributed by atoms with van der Waals surface area (Å²) in [5.74, 6) is 1.54. The van der Waals surface area contributed by atoms with Crippen molar-refractivity contribution in [1.82, 2.24) is 14.9 Å². The van der Waals surface area contributed by atoms with Crippen molar-refractivity contribution in [2.24, 2.45) is 0 Å². The van der Waals surface area contributed by atoms with Gasteiger partial charge >= 0.3 is 0 Å². The van der Waals surface area contributed by atoms with Gasteiger partial charge in [0.25, 0.3) is 5.91 Å². The van der Waals surface area contributed by atoms with E-state index in [4.69, 9.17) is 0 Å². The van der Waals surface area contributed by atoms with Gasteiger partial charge in [-0.3, -0.25) is 4.79 Å². The Kier molecular flexibility index (Phi) is 5.41. The van der Waals surface area contributed by atoms with Crippen LogP contribution in [-0.2, 0) is 10.3 Å². The molecule has 2 N–H and O–H groups in total. The molecule has 0 aliphatic carbocycles. The first-order valence-electron chi connectivity index (χ1n) is 6.88. The first-order valence-corrected chi connectivity index (χ1v) is 8.55. The molecule has 0 spiro atoms. The van der Waals surface area contributed by atoms with E-state index >= 15 is 0 Å². The van der Waals surface area contributed by atoms with Crippen LogP contribution in [-0.4, -0.2) is 27.9 Å². The van der Waals surface area contributed by atoms with Gasteiger partial charge < -0.3 is 15.2 Å². The Labute approximate surface area is 146 Å². The smallest absolute Gasteiger partial charge is 0.253 e. The first kappa shape index (κ1) is 17.5. The Morgan fingerprint density at radius 2 is 2.22 bits per heavy atom. The number of rotatable bonds is 5. The van der Waals surface area contributed by atoms with E-state index in [2.05, 4.69) is 52.3 Å². The molecule has 8 heteroatoms. The van der Waals surface area contributed by atoms with Gasteiger partial charge in [0, 0.05) is 23.3 Å². The molecule has 122 valence electrons. The second kappa shape index (κ2) is 7.12. The van der Waals surface area contributed by atoms with Gasteiger partial charge in [0.2, 0.25) is 0 Å². The lowest BCUT2D eigenvalue weighted by atomic mass is 10.1. The number of anilines is 1. The second-order valence-electron chi connectivity index (χ2n) is 5.84. The molecular formula is C15H17BrN4O2S. The van der Waals surface area contributed by atoms with Gasteiger partial charge in [-0.1, -0.05) is 0 Å². The van der Waals surface area contributed by atoms with E-state index in [0.29, 0.717) is 15.3 Å². The third kappa shape index (κ3) is 4.79. The monoisotopic (exact) mass is 396 g/mol. The highest BCUT2D eigenvalue weighted by molar-refractivity contribution is 9.10. The number of nitrogens with one attached hydrogen (secondary N) is 2. The Balaban J connectivity index is 1.95. The normalized spacial score (nSPS) is 11.0. The molecule has 23 heavy (non-hydrogen) atoms. The minimum Gasteiger partial charge on any atom is -0.348 e. The van der Waals surface area contributed by atoms with E-state index in [1.807, 2.05) is 10.8 Å². The summed E-state index contributed by atoms with van der Waals surface area (Å²) in [6.45, 7) is 6.22. The van der Waals surface area contributed by atoms with E-state index in [9.17, 15) is 9.59 Å². The van der Waals surface area contributed by atoms with Crippen LogP contribution in [0.3, 0.4) is 0 Å². The summed E-state index contributed by atoms with van der Waals surface area (Å²) in [5, 5.41) is 7.88. The highest BCUT2D eigenvalue weighted by Crippen LogP contribution is 2.20. The number of carbonyl (C=O) groups excluding carboxylic acids is 2. The van der Waals surface area contributed by atoms with Crippen LogP contribution < -0.4 is 10.6 Å². The van der Waals surface area contributed by atoms with Crippen molar-refractivity contribution in [3.8, 4) is 0 Å². The van der Waals surface area contributed by atoms with Crippen molar-refractivity contribution >= 4 is 44.2 Å². The molecule has 0 bridgehead atoms. The molecule has 2 aromatic heterocycles. The summed E-state index contributed by atoms with van der Waals surface area (Å²) in [6.07, 6.45) is 3.64.